The molecule has 0 saturated heterocycles. The third kappa shape index (κ3) is 2.58. The fourth-order valence-electron chi connectivity index (χ4n) is 3.47. The van der Waals surface area contributed by atoms with E-state index in [-0.39, 0.29) is 12.3 Å². The number of aromatic nitrogens is 2. The summed E-state index contributed by atoms with van der Waals surface area (Å²) in [4.78, 5) is 17.1. The maximum absolute atomic E-state index is 12.7. The number of fused-ring (bicyclic) bond motifs is 1. The van der Waals surface area contributed by atoms with Gasteiger partial charge in [0.1, 0.15) is 0 Å². The minimum absolute atomic E-state index is 0.128. The van der Waals surface area contributed by atoms with Gasteiger partial charge in [-0.2, -0.15) is 0 Å². The lowest BCUT2D eigenvalue weighted by Crippen LogP contribution is -2.15. The quantitative estimate of drug-likeness (QED) is 0.714. The van der Waals surface area contributed by atoms with Gasteiger partial charge in [0.2, 0.25) is 0 Å². The Bertz CT molecular complexity index is 917. The molecule has 1 aromatic carbocycles. The van der Waals surface area contributed by atoms with Gasteiger partial charge in [-0.1, -0.05) is 18.2 Å². The van der Waals surface area contributed by atoms with Crippen LogP contribution in [0.25, 0.3) is 10.9 Å². The Morgan fingerprint density at radius 1 is 1.25 bits per heavy atom. The van der Waals surface area contributed by atoms with E-state index in [1.54, 1.807) is 6.20 Å². The molecule has 0 spiro atoms. The second-order valence-electron chi connectivity index (χ2n) is 6.54. The van der Waals surface area contributed by atoms with Gasteiger partial charge in [-0.05, 0) is 44.9 Å². The summed E-state index contributed by atoms with van der Waals surface area (Å²) >= 11 is 0. The average Bonchev–Trinajstić information content (AvgIpc) is 3.38. The summed E-state index contributed by atoms with van der Waals surface area (Å²) in [7, 11) is 0. The van der Waals surface area contributed by atoms with E-state index in [0.717, 1.165) is 27.8 Å². The Balaban J connectivity index is 1.55. The van der Waals surface area contributed by atoms with E-state index in [4.69, 9.17) is 0 Å². The van der Waals surface area contributed by atoms with Crippen molar-refractivity contribution in [1.29, 1.82) is 0 Å². The number of ketones is 1. The third-order valence-corrected chi connectivity index (χ3v) is 4.77. The van der Waals surface area contributed by atoms with Crippen LogP contribution in [0.5, 0.6) is 0 Å². The zero-order chi connectivity index (χ0) is 16.7. The van der Waals surface area contributed by atoms with Gasteiger partial charge in [0.25, 0.3) is 0 Å². The molecule has 4 nitrogen and oxygen atoms in total. The van der Waals surface area contributed by atoms with Gasteiger partial charge < -0.3 is 9.88 Å². The zero-order valence-corrected chi connectivity index (χ0v) is 14.0. The molecule has 3 aromatic rings. The van der Waals surface area contributed by atoms with Crippen LogP contribution in [0, 0.1) is 13.8 Å². The summed E-state index contributed by atoms with van der Waals surface area (Å²) < 4.78 is 2.31. The second kappa shape index (κ2) is 5.78. The molecule has 0 amide bonds. The molecular weight excluding hydrogens is 298 g/mol. The van der Waals surface area contributed by atoms with Crippen LogP contribution in [-0.2, 0) is 0 Å². The zero-order valence-electron chi connectivity index (χ0n) is 14.0. The molecule has 4 rings (SSSR count). The largest absolute Gasteiger partial charge is 0.376 e. The Morgan fingerprint density at radius 3 is 2.83 bits per heavy atom. The molecule has 0 unspecified atom stereocenters. The lowest BCUT2D eigenvalue weighted by Gasteiger charge is -2.09. The van der Waals surface area contributed by atoms with E-state index in [2.05, 4.69) is 28.7 Å². The highest BCUT2D eigenvalue weighted by Gasteiger charge is 2.28. The van der Waals surface area contributed by atoms with Crippen molar-refractivity contribution in [2.75, 3.05) is 11.9 Å². The van der Waals surface area contributed by atoms with E-state index in [9.17, 15) is 4.79 Å². The van der Waals surface area contributed by atoms with Crippen molar-refractivity contribution >= 4 is 22.4 Å². The Kier molecular flexibility index (Phi) is 3.60. The van der Waals surface area contributed by atoms with Crippen molar-refractivity contribution in [2.24, 2.45) is 0 Å². The van der Waals surface area contributed by atoms with E-state index in [1.807, 2.05) is 36.4 Å². The van der Waals surface area contributed by atoms with Crippen LogP contribution in [0.4, 0.5) is 5.69 Å². The minimum atomic E-state index is 0.128. The summed E-state index contributed by atoms with van der Waals surface area (Å²) in [6.07, 6.45) is 4.23. The Hall–Kier alpha value is -2.62. The van der Waals surface area contributed by atoms with Crippen molar-refractivity contribution in [3.63, 3.8) is 0 Å². The lowest BCUT2D eigenvalue weighted by atomic mass is 10.1. The maximum atomic E-state index is 12.7. The van der Waals surface area contributed by atoms with E-state index >= 15 is 0 Å². The fraction of sp³-hybridized carbons (Fsp3) is 0.300. The van der Waals surface area contributed by atoms with Crippen LogP contribution >= 0.6 is 0 Å². The maximum Gasteiger partial charge on any atom is 0.183 e. The number of carbonyl (C=O) groups is 1. The van der Waals surface area contributed by atoms with Crippen molar-refractivity contribution < 1.29 is 4.79 Å². The number of pyridine rings is 1. The van der Waals surface area contributed by atoms with E-state index in [0.29, 0.717) is 6.04 Å². The number of carbonyl (C=O) groups excluding carboxylic acids is 1. The Morgan fingerprint density at radius 2 is 2.04 bits per heavy atom. The molecular formula is C20H21N3O. The number of para-hydroxylation sites is 1. The number of nitrogens with zero attached hydrogens (tertiary/aromatic N) is 2. The first-order chi connectivity index (χ1) is 11.6. The molecule has 1 fully saturated rings. The topological polar surface area (TPSA) is 46.9 Å². The molecule has 0 radical (unpaired) electrons. The van der Waals surface area contributed by atoms with Gasteiger partial charge in [-0.25, -0.2) is 0 Å². The van der Waals surface area contributed by atoms with Gasteiger partial charge in [0, 0.05) is 34.6 Å². The van der Waals surface area contributed by atoms with Gasteiger partial charge in [-0.15, -0.1) is 0 Å². The summed E-state index contributed by atoms with van der Waals surface area (Å²) in [6, 6.07) is 12.5. The van der Waals surface area contributed by atoms with Crippen LogP contribution < -0.4 is 5.32 Å². The highest BCUT2D eigenvalue weighted by molar-refractivity contribution is 6.01. The van der Waals surface area contributed by atoms with Crippen LogP contribution in [0.1, 0.15) is 40.6 Å². The van der Waals surface area contributed by atoms with Crippen molar-refractivity contribution in [1.82, 2.24) is 9.55 Å². The molecule has 0 aliphatic heterocycles. The highest BCUT2D eigenvalue weighted by Crippen LogP contribution is 2.38. The average molecular weight is 319 g/mol. The first-order valence-corrected chi connectivity index (χ1v) is 8.44. The number of anilines is 1. The van der Waals surface area contributed by atoms with Gasteiger partial charge in [-0.3, -0.25) is 9.78 Å². The van der Waals surface area contributed by atoms with Crippen LogP contribution in [0.3, 0.4) is 0 Å². The van der Waals surface area contributed by atoms with Gasteiger partial charge in [0.15, 0.2) is 5.78 Å². The summed E-state index contributed by atoms with van der Waals surface area (Å²) in [5.74, 6) is 0.128. The normalized spacial score (nSPS) is 14.1. The minimum Gasteiger partial charge on any atom is -0.376 e. The third-order valence-electron chi connectivity index (χ3n) is 4.77. The van der Waals surface area contributed by atoms with E-state index < -0.39 is 0 Å². The number of rotatable bonds is 5. The standard InChI is InChI=1S/C20H21N3O/c1-13-11-17(14(2)23(13)16-8-9-16)19(24)12-22-18-7-3-5-15-6-4-10-21-20(15)18/h3-7,10-11,16,22H,8-9,12H2,1-2H3. The molecule has 24 heavy (non-hydrogen) atoms. The lowest BCUT2D eigenvalue weighted by molar-refractivity contribution is 0.101. The molecule has 2 aromatic heterocycles. The molecule has 1 N–H and O–H groups in total. The van der Waals surface area contributed by atoms with Crippen LogP contribution in [0.2, 0.25) is 0 Å². The highest BCUT2D eigenvalue weighted by atomic mass is 16.1. The predicted molar refractivity (Wildman–Crippen MR) is 96.7 cm³/mol. The SMILES string of the molecule is Cc1cc(C(=O)CNc2cccc3cccnc23)c(C)n1C1CC1. The first-order valence-electron chi connectivity index (χ1n) is 8.44. The number of Topliss-reactive ketones (excluding diaryl/α,β-unsaturated/α-hetero) is 1. The Labute approximate surface area is 141 Å². The van der Waals surface area contributed by atoms with Crippen molar-refractivity contribution in [3.8, 4) is 0 Å². The molecule has 122 valence electrons. The molecule has 0 bridgehead atoms. The van der Waals surface area contributed by atoms with Crippen molar-refractivity contribution in [3.05, 3.63) is 59.5 Å². The number of hydrogen-bond donors (Lipinski definition) is 1. The summed E-state index contributed by atoms with van der Waals surface area (Å²) in [6.45, 7) is 4.42. The second-order valence-corrected chi connectivity index (χ2v) is 6.54. The molecule has 2 heterocycles. The summed E-state index contributed by atoms with van der Waals surface area (Å²) in [5.41, 5.74) is 4.91. The molecule has 4 heteroatoms. The molecule has 1 aliphatic rings. The number of benzene rings is 1. The predicted octanol–water partition coefficient (Wildman–Crippen LogP) is 4.28. The number of hydrogen-bond acceptors (Lipinski definition) is 3. The molecule has 1 aliphatic carbocycles. The van der Waals surface area contributed by atoms with Gasteiger partial charge >= 0.3 is 0 Å². The van der Waals surface area contributed by atoms with E-state index in [1.165, 1.54) is 18.5 Å². The number of nitrogens with one attached hydrogen (secondary N) is 1. The molecule has 0 atom stereocenters. The molecule has 1 saturated carbocycles. The van der Waals surface area contributed by atoms with Crippen LogP contribution in [-0.4, -0.2) is 21.9 Å². The van der Waals surface area contributed by atoms with Crippen molar-refractivity contribution in [2.45, 2.75) is 32.7 Å². The van der Waals surface area contributed by atoms with Gasteiger partial charge in [0.05, 0.1) is 17.7 Å². The smallest absolute Gasteiger partial charge is 0.183 e. The number of aryl methyl sites for hydroxylation is 1. The fourth-order valence-corrected chi connectivity index (χ4v) is 3.47. The first kappa shape index (κ1) is 14.9. The monoisotopic (exact) mass is 319 g/mol. The van der Waals surface area contributed by atoms with Crippen LogP contribution in [0.15, 0.2) is 42.6 Å². The summed E-state index contributed by atoms with van der Waals surface area (Å²) in [5, 5.41) is 4.34.